The van der Waals surface area contributed by atoms with Crippen LogP contribution in [0.4, 0.5) is 0 Å². The van der Waals surface area contributed by atoms with Gasteiger partial charge in [0.25, 0.3) is 0 Å². The van der Waals surface area contributed by atoms with E-state index in [2.05, 4.69) is 32.3 Å². The summed E-state index contributed by atoms with van der Waals surface area (Å²) in [6, 6.07) is 10.0. The molecule has 2 heterocycles. The highest BCUT2D eigenvalue weighted by Gasteiger charge is 2.22. The van der Waals surface area contributed by atoms with Gasteiger partial charge in [0, 0.05) is 39.5 Å². The van der Waals surface area contributed by atoms with E-state index in [1.54, 1.807) is 6.33 Å². The number of benzene rings is 1. The average Bonchev–Trinajstić information content (AvgIpc) is 3.12. The topological polar surface area (TPSA) is 67.6 Å². The number of hydrogen-bond acceptors (Lipinski definition) is 4. The van der Waals surface area contributed by atoms with Crippen LogP contribution in [-0.4, -0.2) is 51.9 Å². The molecule has 7 heteroatoms. The number of hydrogen-bond donors (Lipinski definition) is 1. The first kappa shape index (κ1) is 17.3. The molecule has 1 aromatic heterocycles. The van der Waals surface area contributed by atoms with E-state index in [4.69, 9.17) is 4.74 Å². The van der Waals surface area contributed by atoms with Gasteiger partial charge in [0.1, 0.15) is 18.2 Å². The van der Waals surface area contributed by atoms with Crippen LogP contribution in [0.15, 0.2) is 41.7 Å². The summed E-state index contributed by atoms with van der Waals surface area (Å²) in [4.78, 5) is 6.68. The van der Waals surface area contributed by atoms with Crippen molar-refractivity contribution in [3.05, 3.63) is 42.5 Å². The van der Waals surface area contributed by atoms with Gasteiger partial charge >= 0.3 is 0 Å². The van der Waals surface area contributed by atoms with Crippen LogP contribution in [0.3, 0.4) is 0 Å². The summed E-state index contributed by atoms with van der Waals surface area (Å²) in [5, 5.41) is 11.5. The molecule has 25 heavy (non-hydrogen) atoms. The Kier molecular flexibility index (Phi) is 5.87. The second-order valence-corrected chi connectivity index (χ2v) is 6.05. The third-order valence-electron chi connectivity index (χ3n) is 4.44. The summed E-state index contributed by atoms with van der Waals surface area (Å²) >= 11 is 0. The van der Waals surface area contributed by atoms with Crippen molar-refractivity contribution in [1.82, 2.24) is 25.0 Å². The molecule has 2 aromatic rings. The summed E-state index contributed by atoms with van der Waals surface area (Å²) in [6.07, 6.45) is 3.99. The highest BCUT2D eigenvalue weighted by molar-refractivity contribution is 5.79. The fourth-order valence-electron chi connectivity index (χ4n) is 3.05. The molecular formula is C18H26N6O. The monoisotopic (exact) mass is 342 g/mol. The predicted molar refractivity (Wildman–Crippen MR) is 97.6 cm³/mol. The Bertz CT molecular complexity index is 676. The molecular weight excluding hydrogens is 316 g/mol. The Morgan fingerprint density at radius 2 is 2.04 bits per heavy atom. The van der Waals surface area contributed by atoms with E-state index in [-0.39, 0.29) is 6.10 Å². The fraction of sp³-hybridized carbons (Fsp3) is 0.500. The van der Waals surface area contributed by atoms with Gasteiger partial charge < -0.3 is 19.5 Å². The molecule has 0 amide bonds. The number of likely N-dealkylation sites (tertiary alicyclic amines) is 1. The summed E-state index contributed by atoms with van der Waals surface area (Å²) in [6.45, 7) is 5.43. The molecule has 1 aliphatic heterocycles. The van der Waals surface area contributed by atoms with Crippen LogP contribution in [0.25, 0.3) is 0 Å². The second-order valence-electron chi connectivity index (χ2n) is 6.05. The molecule has 1 aliphatic rings. The van der Waals surface area contributed by atoms with Crippen LogP contribution >= 0.6 is 0 Å². The van der Waals surface area contributed by atoms with Crippen molar-refractivity contribution in [2.45, 2.75) is 39.0 Å². The molecule has 0 radical (unpaired) electrons. The minimum atomic E-state index is 0.264. The zero-order valence-electron chi connectivity index (χ0n) is 14.9. The Morgan fingerprint density at radius 3 is 2.72 bits per heavy atom. The maximum atomic E-state index is 6.06. The zero-order valence-corrected chi connectivity index (χ0v) is 14.9. The lowest BCUT2D eigenvalue weighted by molar-refractivity contribution is 0.129. The first-order chi connectivity index (χ1) is 12.3. The lowest BCUT2D eigenvalue weighted by Gasteiger charge is -2.34. The Morgan fingerprint density at radius 1 is 1.28 bits per heavy atom. The van der Waals surface area contributed by atoms with E-state index in [0.717, 1.165) is 50.0 Å². The number of ether oxygens (including phenoxy) is 1. The Labute approximate surface area is 148 Å². The van der Waals surface area contributed by atoms with Crippen LogP contribution in [0.5, 0.6) is 5.75 Å². The summed E-state index contributed by atoms with van der Waals surface area (Å²) in [7, 11) is 1.82. The van der Waals surface area contributed by atoms with E-state index in [9.17, 15) is 0 Å². The molecule has 0 saturated carbocycles. The average molecular weight is 342 g/mol. The van der Waals surface area contributed by atoms with Gasteiger partial charge in [-0.2, -0.15) is 0 Å². The highest BCUT2D eigenvalue weighted by atomic mass is 16.5. The van der Waals surface area contributed by atoms with E-state index in [1.165, 1.54) is 0 Å². The zero-order chi connectivity index (χ0) is 17.5. The Balaban J connectivity index is 1.49. The molecule has 0 atom stereocenters. The molecule has 1 fully saturated rings. The summed E-state index contributed by atoms with van der Waals surface area (Å²) in [5.41, 5.74) is 0. The predicted octanol–water partition coefficient (Wildman–Crippen LogP) is 1.92. The minimum Gasteiger partial charge on any atom is -0.490 e. The fourth-order valence-corrected chi connectivity index (χ4v) is 3.05. The molecule has 3 rings (SSSR count). The van der Waals surface area contributed by atoms with Crippen molar-refractivity contribution >= 4 is 5.96 Å². The number of nitrogens with zero attached hydrogens (tertiary/aromatic N) is 5. The number of nitrogens with one attached hydrogen (secondary N) is 1. The van der Waals surface area contributed by atoms with Crippen LogP contribution in [-0.2, 0) is 13.1 Å². The van der Waals surface area contributed by atoms with Gasteiger partial charge in [0.15, 0.2) is 11.8 Å². The van der Waals surface area contributed by atoms with Crippen LogP contribution in [0.2, 0.25) is 0 Å². The number of rotatable bonds is 5. The number of guanidine groups is 1. The molecule has 0 unspecified atom stereocenters. The molecule has 1 saturated heterocycles. The third kappa shape index (κ3) is 4.49. The SMILES string of the molecule is CCn1cnnc1CNC(=NC)N1CCC(Oc2ccccc2)CC1. The lowest BCUT2D eigenvalue weighted by Crippen LogP contribution is -2.47. The molecule has 0 aliphatic carbocycles. The summed E-state index contributed by atoms with van der Waals surface area (Å²) < 4.78 is 8.09. The van der Waals surface area contributed by atoms with Crippen LogP contribution < -0.4 is 10.1 Å². The largest absolute Gasteiger partial charge is 0.490 e. The van der Waals surface area contributed by atoms with E-state index in [1.807, 2.05) is 41.9 Å². The van der Waals surface area contributed by atoms with Gasteiger partial charge in [-0.25, -0.2) is 0 Å². The van der Waals surface area contributed by atoms with Crippen LogP contribution in [0, 0.1) is 0 Å². The first-order valence-electron chi connectivity index (χ1n) is 8.84. The number of aryl methyl sites for hydroxylation is 1. The first-order valence-corrected chi connectivity index (χ1v) is 8.84. The molecule has 7 nitrogen and oxygen atoms in total. The van der Waals surface area contributed by atoms with E-state index in [0.29, 0.717) is 6.54 Å². The second kappa shape index (κ2) is 8.50. The highest BCUT2D eigenvalue weighted by Crippen LogP contribution is 2.18. The van der Waals surface area contributed by atoms with Crippen LogP contribution in [0.1, 0.15) is 25.6 Å². The number of aromatic nitrogens is 3. The van der Waals surface area contributed by atoms with Gasteiger partial charge in [0.05, 0.1) is 6.54 Å². The number of para-hydroxylation sites is 1. The smallest absolute Gasteiger partial charge is 0.194 e. The maximum Gasteiger partial charge on any atom is 0.194 e. The van der Waals surface area contributed by atoms with Crippen molar-refractivity contribution < 1.29 is 4.74 Å². The van der Waals surface area contributed by atoms with Gasteiger partial charge in [-0.1, -0.05) is 18.2 Å². The molecule has 1 N–H and O–H groups in total. The van der Waals surface area contributed by atoms with Gasteiger partial charge in [0.2, 0.25) is 0 Å². The van der Waals surface area contributed by atoms with Crippen molar-refractivity contribution in [3.63, 3.8) is 0 Å². The maximum absolute atomic E-state index is 6.06. The minimum absolute atomic E-state index is 0.264. The lowest BCUT2D eigenvalue weighted by atomic mass is 10.1. The van der Waals surface area contributed by atoms with E-state index < -0.39 is 0 Å². The number of aliphatic imine (C=N–C) groups is 1. The van der Waals surface area contributed by atoms with Crippen molar-refractivity contribution in [2.75, 3.05) is 20.1 Å². The molecule has 0 bridgehead atoms. The van der Waals surface area contributed by atoms with Gasteiger partial charge in [-0.05, 0) is 19.1 Å². The standard InChI is InChI=1S/C18H26N6O/c1-3-23-14-21-22-17(23)13-20-18(19-2)24-11-9-16(10-12-24)25-15-7-5-4-6-8-15/h4-8,14,16H,3,9-13H2,1-2H3,(H,19,20). The van der Waals surface area contributed by atoms with E-state index >= 15 is 0 Å². The van der Waals surface area contributed by atoms with Crippen molar-refractivity contribution in [1.29, 1.82) is 0 Å². The number of piperidine rings is 1. The molecule has 1 aromatic carbocycles. The normalized spacial score (nSPS) is 16.1. The molecule has 134 valence electrons. The Hall–Kier alpha value is -2.57. The quantitative estimate of drug-likeness (QED) is 0.664. The summed E-state index contributed by atoms with van der Waals surface area (Å²) in [5.74, 6) is 2.78. The van der Waals surface area contributed by atoms with Gasteiger partial charge in [-0.15, -0.1) is 10.2 Å². The molecule has 0 spiro atoms. The van der Waals surface area contributed by atoms with Crippen molar-refractivity contribution in [2.24, 2.45) is 4.99 Å². The van der Waals surface area contributed by atoms with Crippen molar-refractivity contribution in [3.8, 4) is 5.75 Å². The van der Waals surface area contributed by atoms with Gasteiger partial charge in [-0.3, -0.25) is 4.99 Å². The third-order valence-corrected chi connectivity index (χ3v) is 4.44.